The first-order valence-corrected chi connectivity index (χ1v) is 7.63. The molecule has 3 heteroatoms. The fourth-order valence-corrected chi connectivity index (χ4v) is 3.13. The fourth-order valence-electron chi connectivity index (χ4n) is 3.13. The van der Waals surface area contributed by atoms with Gasteiger partial charge in [-0.05, 0) is 62.5 Å². The molecule has 0 bridgehead atoms. The van der Waals surface area contributed by atoms with Gasteiger partial charge in [0.05, 0.1) is 0 Å². The summed E-state index contributed by atoms with van der Waals surface area (Å²) < 4.78 is 0. The van der Waals surface area contributed by atoms with E-state index in [9.17, 15) is 0 Å². The Morgan fingerprint density at radius 1 is 1.21 bits per heavy atom. The van der Waals surface area contributed by atoms with E-state index >= 15 is 0 Å². The summed E-state index contributed by atoms with van der Waals surface area (Å²) in [6, 6.07) is 6.86. The minimum atomic E-state index is 1.12. The van der Waals surface area contributed by atoms with Crippen molar-refractivity contribution in [2.75, 3.05) is 50.0 Å². The zero-order chi connectivity index (χ0) is 13.1. The van der Waals surface area contributed by atoms with E-state index in [2.05, 4.69) is 40.4 Å². The molecule has 0 atom stereocenters. The first kappa shape index (κ1) is 12.8. The Balaban J connectivity index is 1.60. The third-order valence-electron chi connectivity index (χ3n) is 4.42. The smallest absolute Gasteiger partial charge is 0.0374 e. The van der Waals surface area contributed by atoms with Crippen LogP contribution in [0.25, 0.3) is 0 Å². The molecule has 1 N–H and O–H groups in total. The minimum Gasteiger partial charge on any atom is -0.385 e. The van der Waals surface area contributed by atoms with E-state index in [4.69, 9.17) is 0 Å². The van der Waals surface area contributed by atoms with Crippen LogP contribution in [0.3, 0.4) is 0 Å². The normalized spacial score (nSPS) is 19.0. The van der Waals surface area contributed by atoms with Crippen LogP contribution in [0.5, 0.6) is 0 Å². The number of rotatable bonds is 4. The van der Waals surface area contributed by atoms with Gasteiger partial charge in [0.15, 0.2) is 0 Å². The lowest BCUT2D eigenvalue weighted by Crippen LogP contribution is -2.31. The molecule has 19 heavy (non-hydrogen) atoms. The van der Waals surface area contributed by atoms with Gasteiger partial charge < -0.3 is 15.1 Å². The van der Waals surface area contributed by atoms with Crippen LogP contribution >= 0.6 is 0 Å². The van der Waals surface area contributed by atoms with Crippen molar-refractivity contribution in [1.29, 1.82) is 0 Å². The van der Waals surface area contributed by atoms with Gasteiger partial charge in [-0.25, -0.2) is 0 Å². The van der Waals surface area contributed by atoms with Crippen LogP contribution < -0.4 is 10.2 Å². The Morgan fingerprint density at radius 2 is 2.05 bits per heavy atom. The Kier molecular flexibility index (Phi) is 3.92. The lowest BCUT2D eigenvalue weighted by molar-refractivity contribution is 0.346. The molecule has 0 aliphatic carbocycles. The largest absolute Gasteiger partial charge is 0.385 e. The standard InChI is InChI=1S/C16H25N3/c1-18(11-12-19-9-2-3-10-19)15-6-7-16-14(13-15)5-4-8-17-16/h6-7,13,17H,2-5,8-12H2,1H3. The topological polar surface area (TPSA) is 18.5 Å². The number of benzene rings is 1. The van der Waals surface area contributed by atoms with E-state index in [1.807, 2.05) is 0 Å². The van der Waals surface area contributed by atoms with Gasteiger partial charge >= 0.3 is 0 Å². The highest BCUT2D eigenvalue weighted by molar-refractivity contribution is 5.61. The lowest BCUT2D eigenvalue weighted by Gasteiger charge is -2.25. The Labute approximate surface area is 116 Å². The maximum Gasteiger partial charge on any atom is 0.0374 e. The van der Waals surface area contributed by atoms with Crippen LogP contribution in [-0.4, -0.2) is 44.7 Å². The summed E-state index contributed by atoms with van der Waals surface area (Å²) in [5.41, 5.74) is 4.18. The molecule has 3 rings (SSSR count). The van der Waals surface area contributed by atoms with Gasteiger partial charge in [-0.1, -0.05) is 0 Å². The van der Waals surface area contributed by atoms with Gasteiger partial charge in [0.1, 0.15) is 0 Å². The third-order valence-corrected chi connectivity index (χ3v) is 4.42. The lowest BCUT2D eigenvalue weighted by atomic mass is 10.0. The minimum absolute atomic E-state index is 1.12. The van der Waals surface area contributed by atoms with Crippen molar-refractivity contribution < 1.29 is 0 Å². The van der Waals surface area contributed by atoms with Gasteiger partial charge in [0.2, 0.25) is 0 Å². The molecular weight excluding hydrogens is 234 g/mol. The molecule has 0 spiro atoms. The average Bonchev–Trinajstić information content (AvgIpc) is 2.97. The van der Waals surface area contributed by atoms with E-state index < -0.39 is 0 Å². The Hall–Kier alpha value is -1.22. The molecule has 2 aliphatic rings. The highest BCUT2D eigenvalue weighted by Crippen LogP contribution is 2.26. The summed E-state index contributed by atoms with van der Waals surface area (Å²) in [4.78, 5) is 4.98. The highest BCUT2D eigenvalue weighted by Gasteiger charge is 2.13. The van der Waals surface area contributed by atoms with Gasteiger partial charge in [0.25, 0.3) is 0 Å². The number of aryl methyl sites for hydroxylation is 1. The summed E-state index contributed by atoms with van der Waals surface area (Å²) >= 11 is 0. The van der Waals surface area contributed by atoms with Gasteiger partial charge in [0, 0.05) is 38.1 Å². The second kappa shape index (κ2) is 5.83. The zero-order valence-electron chi connectivity index (χ0n) is 12.0. The first-order valence-electron chi connectivity index (χ1n) is 7.63. The molecular formula is C16H25N3. The number of nitrogens with one attached hydrogen (secondary N) is 1. The first-order chi connectivity index (χ1) is 9.33. The highest BCUT2D eigenvalue weighted by atomic mass is 15.2. The van der Waals surface area contributed by atoms with E-state index in [0.717, 1.165) is 13.1 Å². The molecule has 2 aliphatic heterocycles. The van der Waals surface area contributed by atoms with Crippen molar-refractivity contribution in [2.24, 2.45) is 0 Å². The van der Waals surface area contributed by atoms with Crippen LogP contribution in [0.2, 0.25) is 0 Å². The van der Waals surface area contributed by atoms with E-state index in [1.165, 1.54) is 62.3 Å². The van der Waals surface area contributed by atoms with Crippen molar-refractivity contribution in [2.45, 2.75) is 25.7 Å². The Morgan fingerprint density at radius 3 is 2.89 bits per heavy atom. The number of hydrogen-bond donors (Lipinski definition) is 1. The van der Waals surface area contributed by atoms with Crippen molar-refractivity contribution in [3.05, 3.63) is 23.8 Å². The summed E-state index contributed by atoms with van der Waals surface area (Å²) in [6.45, 7) is 6.04. The van der Waals surface area contributed by atoms with Crippen molar-refractivity contribution >= 4 is 11.4 Å². The van der Waals surface area contributed by atoms with Crippen molar-refractivity contribution in [1.82, 2.24) is 4.90 Å². The molecule has 0 amide bonds. The number of likely N-dealkylation sites (tertiary alicyclic amines) is 1. The van der Waals surface area contributed by atoms with Gasteiger partial charge in [-0.3, -0.25) is 0 Å². The number of likely N-dealkylation sites (N-methyl/N-ethyl adjacent to an activating group) is 1. The van der Waals surface area contributed by atoms with Crippen molar-refractivity contribution in [3.8, 4) is 0 Å². The van der Waals surface area contributed by atoms with Crippen LogP contribution in [0.4, 0.5) is 11.4 Å². The molecule has 1 aromatic carbocycles. The number of nitrogens with zero attached hydrogens (tertiary/aromatic N) is 2. The van der Waals surface area contributed by atoms with Crippen LogP contribution in [0, 0.1) is 0 Å². The van der Waals surface area contributed by atoms with E-state index in [1.54, 1.807) is 0 Å². The number of hydrogen-bond acceptors (Lipinski definition) is 3. The summed E-state index contributed by atoms with van der Waals surface area (Å²) in [5, 5.41) is 3.48. The van der Waals surface area contributed by atoms with E-state index in [-0.39, 0.29) is 0 Å². The molecule has 104 valence electrons. The average molecular weight is 259 g/mol. The zero-order valence-corrected chi connectivity index (χ0v) is 12.0. The maximum atomic E-state index is 3.48. The predicted molar refractivity (Wildman–Crippen MR) is 82.2 cm³/mol. The molecule has 1 saturated heterocycles. The maximum absolute atomic E-state index is 3.48. The summed E-state index contributed by atoms with van der Waals surface area (Å²) in [5.74, 6) is 0. The number of anilines is 2. The second-order valence-corrected chi connectivity index (χ2v) is 5.84. The molecule has 1 fully saturated rings. The van der Waals surface area contributed by atoms with E-state index in [0.29, 0.717) is 0 Å². The molecule has 0 radical (unpaired) electrons. The second-order valence-electron chi connectivity index (χ2n) is 5.84. The van der Waals surface area contributed by atoms with Crippen LogP contribution in [0.15, 0.2) is 18.2 Å². The van der Waals surface area contributed by atoms with Gasteiger partial charge in [-0.15, -0.1) is 0 Å². The fraction of sp³-hybridized carbons (Fsp3) is 0.625. The number of fused-ring (bicyclic) bond motifs is 1. The predicted octanol–water partition coefficient (Wildman–Crippen LogP) is 2.58. The molecule has 3 nitrogen and oxygen atoms in total. The molecule has 0 aromatic heterocycles. The molecule has 1 aromatic rings. The molecule has 0 unspecified atom stereocenters. The van der Waals surface area contributed by atoms with Crippen LogP contribution in [-0.2, 0) is 6.42 Å². The molecule has 0 saturated carbocycles. The van der Waals surface area contributed by atoms with Gasteiger partial charge in [-0.2, -0.15) is 0 Å². The molecule has 2 heterocycles. The quantitative estimate of drug-likeness (QED) is 0.896. The monoisotopic (exact) mass is 259 g/mol. The van der Waals surface area contributed by atoms with Crippen LogP contribution in [0.1, 0.15) is 24.8 Å². The summed E-state index contributed by atoms with van der Waals surface area (Å²) in [6.07, 6.45) is 5.24. The summed E-state index contributed by atoms with van der Waals surface area (Å²) in [7, 11) is 2.22. The van der Waals surface area contributed by atoms with Crippen molar-refractivity contribution in [3.63, 3.8) is 0 Å². The third kappa shape index (κ3) is 3.03. The Bertz CT molecular complexity index is 424. The SMILES string of the molecule is CN(CCN1CCCC1)c1ccc2c(c1)CCCN2.